The van der Waals surface area contributed by atoms with Crippen molar-refractivity contribution in [2.75, 3.05) is 6.61 Å². The monoisotopic (exact) mass is 466 g/mol. The van der Waals surface area contributed by atoms with E-state index in [9.17, 15) is 4.79 Å². The number of hydrogen-bond donors (Lipinski definition) is 0. The number of ether oxygens (including phenoxy) is 1. The third-order valence-electron chi connectivity index (χ3n) is 7.05. The van der Waals surface area contributed by atoms with Gasteiger partial charge in [-0.15, -0.1) is 0 Å². The smallest absolute Gasteiger partial charge is 0.305 e. The highest BCUT2D eigenvalue weighted by Gasteiger charge is 1.98. The molecule has 0 bridgehead atoms. The van der Waals surface area contributed by atoms with Gasteiger partial charge in [-0.2, -0.15) is 0 Å². The van der Waals surface area contributed by atoms with Crippen LogP contribution in [0.3, 0.4) is 0 Å². The predicted molar refractivity (Wildman–Crippen MR) is 147 cm³/mol. The van der Waals surface area contributed by atoms with Crippen molar-refractivity contribution in [3.63, 3.8) is 0 Å². The molecule has 0 atom stereocenters. The maximum atomic E-state index is 11.0. The average molecular weight is 467 g/mol. The van der Waals surface area contributed by atoms with E-state index in [1.807, 2.05) is 6.92 Å². The molecule has 0 saturated carbocycles. The summed E-state index contributed by atoms with van der Waals surface area (Å²) >= 11 is 0. The van der Waals surface area contributed by atoms with Crippen LogP contribution in [0.15, 0.2) is 0 Å². The van der Waals surface area contributed by atoms with E-state index in [2.05, 4.69) is 6.92 Å². The molecule has 0 aromatic rings. The molecule has 0 aromatic carbocycles. The van der Waals surface area contributed by atoms with Crippen molar-refractivity contribution >= 4 is 5.97 Å². The van der Waals surface area contributed by atoms with Crippen molar-refractivity contribution in [2.24, 2.45) is 0 Å². The van der Waals surface area contributed by atoms with E-state index < -0.39 is 0 Å². The molecule has 0 rings (SSSR count). The zero-order chi connectivity index (χ0) is 24.1. The second-order valence-corrected chi connectivity index (χ2v) is 10.4. The van der Waals surface area contributed by atoms with Crippen LogP contribution in [0, 0.1) is 0 Å². The summed E-state index contributed by atoms with van der Waals surface area (Å²) in [7, 11) is 0. The maximum absolute atomic E-state index is 11.0. The maximum Gasteiger partial charge on any atom is 0.305 e. The molecule has 0 aliphatic rings. The molecule has 2 nitrogen and oxygen atoms in total. The molecule has 2 heteroatoms. The first-order valence-electron chi connectivity index (χ1n) is 15.5. The number of rotatable bonds is 28. The fourth-order valence-corrected chi connectivity index (χ4v) is 4.71. The molecule has 33 heavy (non-hydrogen) atoms. The van der Waals surface area contributed by atoms with Crippen molar-refractivity contribution in [1.82, 2.24) is 0 Å². The molecule has 0 spiro atoms. The molecule has 0 amide bonds. The van der Waals surface area contributed by atoms with Gasteiger partial charge in [-0.3, -0.25) is 4.79 Å². The molecule has 0 saturated heterocycles. The minimum absolute atomic E-state index is 0.0606. The lowest BCUT2D eigenvalue weighted by Crippen LogP contribution is -2.03. The molecular formula is C31H62O2. The summed E-state index contributed by atoms with van der Waals surface area (Å²) in [5.74, 6) is -0.0606. The Kier molecular flexibility index (Phi) is 29.0. The molecule has 0 unspecified atom stereocenters. The van der Waals surface area contributed by atoms with Crippen molar-refractivity contribution in [3.8, 4) is 0 Å². The third kappa shape index (κ3) is 29.4. The fourth-order valence-electron chi connectivity index (χ4n) is 4.71. The first-order chi connectivity index (χ1) is 16.3. The quantitative estimate of drug-likeness (QED) is 0.0846. The zero-order valence-electron chi connectivity index (χ0n) is 23.1. The highest BCUT2D eigenvalue weighted by Crippen LogP contribution is 2.16. The molecule has 0 aliphatic carbocycles. The van der Waals surface area contributed by atoms with Crippen molar-refractivity contribution in [1.29, 1.82) is 0 Å². The lowest BCUT2D eigenvalue weighted by molar-refractivity contribution is -0.143. The van der Waals surface area contributed by atoms with E-state index in [0.29, 0.717) is 13.0 Å². The SMILES string of the molecule is CCCCCCCCCCCCCCCCCCCCCCCCCCCCOC(=O)CC. The summed E-state index contributed by atoms with van der Waals surface area (Å²) in [6, 6.07) is 0. The van der Waals surface area contributed by atoms with Crippen LogP contribution in [-0.4, -0.2) is 12.6 Å². The van der Waals surface area contributed by atoms with Gasteiger partial charge in [-0.1, -0.05) is 174 Å². The summed E-state index contributed by atoms with van der Waals surface area (Å²) in [5, 5.41) is 0. The molecule has 0 fully saturated rings. The number of esters is 1. The van der Waals surface area contributed by atoms with Crippen LogP contribution in [0.4, 0.5) is 0 Å². The summed E-state index contributed by atoms with van der Waals surface area (Å²) in [6.07, 6.45) is 37.3. The summed E-state index contributed by atoms with van der Waals surface area (Å²) in [6.45, 7) is 4.77. The predicted octanol–water partition coefficient (Wildman–Crippen LogP) is 11.1. The lowest BCUT2D eigenvalue weighted by Gasteiger charge is -2.05. The van der Waals surface area contributed by atoms with Gasteiger partial charge < -0.3 is 4.74 Å². The second-order valence-electron chi connectivity index (χ2n) is 10.4. The van der Waals surface area contributed by atoms with Crippen molar-refractivity contribution in [3.05, 3.63) is 0 Å². The molecule has 0 aliphatic heterocycles. The Bertz CT molecular complexity index is 366. The van der Waals surface area contributed by atoms with Gasteiger partial charge >= 0.3 is 5.97 Å². The molecule has 0 N–H and O–H groups in total. The minimum Gasteiger partial charge on any atom is -0.466 e. The van der Waals surface area contributed by atoms with E-state index in [0.717, 1.165) is 6.42 Å². The van der Waals surface area contributed by atoms with Gasteiger partial charge in [-0.25, -0.2) is 0 Å². The van der Waals surface area contributed by atoms with Gasteiger partial charge in [0.1, 0.15) is 0 Å². The van der Waals surface area contributed by atoms with Crippen LogP contribution in [-0.2, 0) is 9.53 Å². The molecule has 0 radical (unpaired) electrons. The van der Waals surface area contributed by atoms with Crippen LogP contribution < -0.4 is 0 Å². The van der Waals surface area contributed by atoms with Crippen LogP contribution >= 0.6 is 0 Å². The largest absolute Gasteiger partial charge is 0.466 e. The minimum atomic E-state index is -0.0606. The standard InChI is InChI=1S/C31H62O2/c1-3-5-6-7-8-9-10-11-12-13-14-15-16-17-18-19-20-21-22-23-24-25-26-27-28-29-30-33-31(32)4-2/h3-30H2,1-2H3. The average Bonchev–Trinajstić information content (AvgIpc) is 2.83. The van der Waals surface area contributed by atoms with Crippen molar-refractivity contribution < 1.29 is 9.53 Å². The molecule has 0 aromatic heterocycles. The van der Waals surface area contributed by atoms with Gasteiger partial charge in [0.2, 0.25) is 0 Å². The number of unbranched alkanes of at least 4 members (excludes halogenated alkanes) is 25. The van der Waals surface area contributed by atoms with Crippen LogP contribution in [0.1, 0.15) is 187 Å². The number of carbonyl (C=O) groups excluding carboxylic acids is 1. The van der Waals surface area contributed by atoms with E-state index >= 15 is 0 Å². The second kappa shape index (κ2) is 29.5. The first kappa shape index (κ1) is 32.5. The van der Waals surface area contributed by atoms with Crippen LogP contribution in [0.5, 0.6) is 0 Å². The van der Waals surface area contributed by atoms with Gasteiger partial charge in [-0.05, 0) is 6.42 Å². The summed E-state index contributed by atoms with van der Waals surface area (Å²) in [5.41, 5.74) is 0. The van der Waals surface area contributed by atoms with E-state index in [4.69, 9.17) is 4.74 Å². The first-order valence-corrected chi connectivity index (χ1v) is 15.5. The summed E-state index contributed by atoms with van der Waals surface area (Å²) in [4.78, 5) is 11.0. The van der Waals surface area contributed by atoms with E-state index in [-0.39, 0.29) is 5.97 Å². The normalized spacial score (nSPS) is 11.2. The van der Waals surface area contributed by atoms with Gasteiger partial charge in [0.25, 0.3) is 0 Å². The van der Waals surface area contributed by atoms with Gasteiger partial charge in [0.05, 0.1) is 6.61 Å². The zero-order valence-corrected chi connectivity index (χ0v) is 23.1. The Morgan fingerprint density at radius 2 is 0.636 bits per heavy atom. The Hall–Kier alpha value is -0.530. The van der Waals surface area contributed by atoms with Gasteiger partial charge in [0, 0.05) is 6.42 Å². The number of hydrogen-bond acceptors (Lipinski definition) is 2. The molecular weight excluding hydrogens is 404 g/mol. The van der Waals surface area contributed by atoms with Crippen LogP contribution in [0.25, 0.3) is 0 Å². The van der Waals surface area contributed by atoms with Crippen molar-refractivity contribution in [2.45, 2.75) is 187 Å². The van der Waals surface area contributed by atoms with E-state index in [1.54, 1.807) is 0 Å². The highest BCUT2D eigenvalue weighted by atomic mass is 16.5. The van der Waals surface area contributed by atoms with Crippen LogP contribution in [0.2, 0.25) is 0 Å². The number of carbonyl (C=O) groups is 1. The Morgan fingerprint density at radius 3 is 0.879 bits per heavy atom. The topological polar surface area (TPSA) is 26.3 Å². The highest BCUT2D eigenvalue weighted by molar-refractivity contribution is 5.68. The lowest BCUT2D eigenvalue weighted by atomic mass is 10.0. The summed E-state index contributed by atoms with van der Waals surface area (Å²) < 4.78 is 5.11. The van der Waals surface area contributed by atoms with E-state index in [1.165, 1.54) is 161 Å². The third-order valence-corrected chi connectivity index (χ3v) is 7.05. The Balaban J connectivity index is 3.02. The fraction of sp³-hybridized carbons (Fsp3) is 0.968. The Morgan fingerprint density at radius 1 is 0.394 bits per heavy atom. The molecule has 198 valence electrons. The Labute approximate surface area is 209 Å². The van der Waals surface area contributed by atoms with Gasteiger partial charge in [0.15, 0.2) is 0 Å². The molecule has 0 heterocycles.